The van der Waals surface area contributed by atoms with Crippen LogP contribution in [0.3, 0.4) is 0 Å². The molecule has 0 rings (SSSR count). The molecule has 0 fully saturated rings. The molecule has 0 aliphatic heterocycles. The molecule has 0 bridgehead atoms. The summed E-state index contributed by atoms with van der Waals surface area (Å²) >= 11 is 0. The van der Waals surface area contributed by atoms with Crippen molar-refractivity contribution in [2.75, 3.05) is 13.2 Å². The number of hydrogen-bond donors (Lipinski definition) is 0. The molecule has 3 heteroatoms. The van der Waals surface area contributed by atoms with Crippen molar-refractivity contribution in [3.8, 4) is 0 Å². The van der Waals surface area contributed by atoms with E-state index in [9.17, 15) is 9.90 Å². The van der Waals surface area contributed by atoms with E-state index in [0.717, 1.165) is 19.4 Å². The largest absolute Gasteiger partial charge is 0.381 e. The van der Waals surface area contributed by atoms with Crippen LogP contribution in [0.25, 0.3) is 0 Å². The summed E-state index contributed by atoms with van der Waals surface area (Å²) in [5, 5.41) is 9.92. The Kier molecular flexibility index (Phi) is 7.15. The van der Waals surface area contributed by atoms with Crippen molar-refractivity contribution in [2.24, 2.45) is 0 Å². The number of rotatable bonds is 7. The molecule has 65 valence electrons. The highest BCUT2D eigenvalue weighted by atomic mass is 16.5. The highest BCUT2D eigenvalue weighted by Crippen LogP contribution is 1.92. The van der Waals surface area contributed by atoms with Gasteiger partial charge >= 0.3 is 5.97 Å². The summed E-state index contributed by atoms with van der Waals surface area (Å²) in [7, 11) is 0. The van der Waals surface area contributed by atoms with Gasteiger partial charge in [0.15, 0.2) is 0 Å². The third kappa shape index (κ3) is 9.43. The molecule has 0 N–H and O–H groups in total. The maximum absolute atomic E-state index is 9.92. The van der Waals surface area contributed by atoms with Gasteiger partial charge < -0.3 is 4.74 Å². The van der Waals surface area contributed by atoms with Gasteiger partial charge in [-0.3, -0.25) is 0 Å². The highest BCUT2D eigenvalue weighted by Gasteiger charge is 1.97. The summed E-state index contributed by atoms with van der Waals surface area (Å²) in [5.41, 5.74) is 0. The molecule has 0 saturated carbocycles. The van der Waals surface area contributed by atoms with Crippen LogP contribution in [0.1, 0.15) is 32.6 Å². The number of unbranched alkanes of at least 4 members (excludes halogenated alkanes) is 1. The number of carbonyl (C=O) groups excluding carboxylic acids is 1. The van der Waals surface area contributed by atoms with Crippen molar-refractivity contribution in [3.05, 3.63) is 0 Å². The molecule has 0 aromatic carbocycles. The Morgan fingerprint density at radius 1 is 1.27 bits per heavy atom. The first-order valence-corrected chi connectivity index (χ1v) is 4.05. The van der Waals surface area contributed by atoms with E-state index in [2.05, 4.69) is 6.92 Å². The normalized spacial score (nSPS) is 9.91. The first-order chi connectivity index (χ1) is 5.27. The zero-order valence-electron chi connectivity index (χ0n) is 6.97. The van der Waals surface area contributed by atoms with E-state index in [-0.39, 0.29) is 6.42 Å². The van der Waals surface area contributed by atoms with Crippen LogP contribution in [0, 0.1) is 0 Å². The molecule has 11 heavy (non-hydrogen) atoms. The lowest BCUT2D eigenvalue weighted by atomic mass is 10.3. The Balaban J connectivity index is 2.85. The lowest BCUT2D eigenvalue weighted by molar-refractivity contribution is -0.143. The van der Waals surface area contributed by atoms with E-state index in [0.29, 0.717) is 13.0 Å². The second-order valence-corrected chi connectivity index (χ2v) is 2.44. The van der Waals surface area contributed by atoms with Crippen LogP contribution < -0.4 is 0 Å². The van der Waals surface area contributed by atoms with E-state index >= 15 is 0 Å². The van der Waals surface area contributed by atoms with Gasteiger partial charge in [-0.1, -0.05) is 13.3 Å². The van der Waals surface area contributed by atoms with Gasteiger partial charge in [-0.15, -0.1) is 0 Å². The maximum Gasteiger partial charge on any atom is 0.355 e. The molecule has 0 atom stereocenters. The summed E-state index contributed by atoms with van der Waals surface area (Å²) in [6, 6.07) is 0. The molecule has 0 aromatic rings. The monoisotopic (exact) mass is 159 g/mol. The quantitative estimate of drug-likeness (QED) is 0.529. The fourth-order valence-corrected chi connectivity index (χ4v) is 0.667. The Morgan fingerprint density at radius 2 is 1.91 bits per heavy atom. The molecule has 0 spiro atoms. The first kappa shape index (κ1) is 10.4. The van der Waals surface area contributed by atoms with Crippen LogP contribution >= 0.6 is 0 Å². The minimum absolute atomic E-state index is 0.103. The second-order valence-electron chi connectivity index (χ2n) is 2.44. The van der Waals surface area contributed by atoms with Gasteiger partial charge in [-0.25, -0.2) is 9.90 Å². The molecule has 0 aliphatic carbocycles. The summed E-state index contributed by atoms with van der Waals surface area (Å²) in [4.78, 5) is 9.92. The van der Waals surface area contributed by atoms with E-state index in [4.69, 9.17) is 4.74 Å². The van der Waals surface area contributed by atoms with Crippen LogP contribution in [0.4, 0.5) is 0 Å². The minimum Gasteiger partial charge on any atom is -0.381 e. The van der Waals surface area contributed by atoms with Crippen LogP contribution in [0.15, 0.2) is 0 Å². The third-order valence-corrected chi connectivity index (χ3v) is 1.31. The predicted molar refractivity (Wildman–Crippen MR) is 40.7 cm³/mol. The molecule has 0 aromatic heterocycles. The van der Waals surface area contributed by atoms with Crippen LogP contribution in [-0.2, 0) is 14.6 Å². The molecule has 0 unspecified atom stereocenters. The van der Waals surface area contributed by atoms with Crippen molar-refractivity contribution in [3.63, 3.8) is 0 Å². The van der Waals surface area contributed by atoms with Crippen molar-refractivity contribution in [1.82, 2.24) is 0 Å². The molecule has 3 nitrogen and oxygen atoms in total. The fourth-order valence-electron chi connectivity index (χ4n) is 0.667. The zero-order valence-corrected chi connectivity index (χ0v) is 6.97. The standard InChI is InChI=1S/C8H15O3/c1-2-3-6-11-7-4-5-8(9)10/h2-7H2,1H3. The number of carbonyl (C=O) groups is 1. The van der Waals surface area contributed by atoms with Gasteiger partial charge in [0.1, 0.15) is 0 Å². The molecule has 0 aliphatic rings. The van der Waals surface area contributed by atoms with E-state index < -0.39 is 5.97 Å². The average molecular weight is 159 g/mol. The van der Waals surface area contributed by atoms with Crippen LogP contribution in [-0.4, -0.2) is 19.2 Å². The summed E-state index contributed by atoms with van der Waals surface area (Å²) in [5.74, 6) is -0.996. The molecular weight excluding hydrogens is 144 g/mol. The van der Waals surface area contributed by atoms with Gasteiger partial charge in [-0.05, 0) is 12.8 Å². The lowest BCUT2D eigenvalue weighted by Gasteiger charge is -1.99. The van der Waals surface area contributed by atoms with Gasteiger partial charge in [0, 0.05) is 13.2 Å². The lowest BCUT2D eigenvalue weighted by Crippen LogP contribution is -2.00. The predicted octanol–water partition coefficient (Wildman–Crippen LogP) is 1.54. The minimum atomic E-state index is -0.996. The Bertz CT molecular complexity index is 102. The van der Waals surface area contributed by atoms with E-state index in [1.807, 2.05) is 0 Å². The molecule has 0 heterocycles. The smallest absolute Gasteiger partial charge is 0.355 e. The SMILES string of the molecule is CCCCOCCCC([O])=O. The van der Waals surface area contributed by atoms with Crippen molar-refractivity contribution in [2.45, 2.75) is 32.6 Å². The van der Waals surface area contributed by atoms with Crippen LogP contribution in [0.5, 0.6) is 0 Å². The average Bonchev–Trinajstić information content (AvgIpc) is 1.96. The summed E-state index contributed by atoms with van der Waals surface area (Å²) in [6.07, 6.45) is 2.82. The third-order valence-electron chi connectivity index (χ3n) is 1.31. The van der Waals surface area contributed by atoms with E-state index in [1.165, 1.54) is 0 Å². The van der Waals surface area contributed by atoms with Gasteiger partial charge in [0.05, 0.1) is 6.42 Å². The van der Waals surface area contributed by atoms with Crippen LogP contribution in [0.2, 0.25) is 0 Å². The van der Waals surface area contributed by atoms with E-state index in [1.54, 1.807) is 0 Å². The Labute approximate surface area is 67.4 Å². The Morgan fingerprint density at radius 3 is 2.45 bits per heavy atom. The second kappa shape index (κ2) is 7.54. The number of hydrogen-bond acceptors (Lipinski definition) is 2. The molecule has 0 saturated heterocycles. The van der Waals surface area contributed by atoms with Gasteiger partial charge in [0.25, 0.3) is 0 Å². The maximum atomic E-state index is 9.92. The first-order valence-electron chi connectivity index (χ1n) is 4.05. The number of ether oxygens (including phenoxy) is 1. The Hall–Kier alpha value is -0.570. The van der Waals surface area contributed by atoms with Gasteiger partial charge in [0.2, 0.25) is 0 Å². The molecule has 1 radical (unpaired) electrons. The summed E-state index contributed by atoms with van der Waals surface area (Å²) in [6.45, 7) is 3.36. The molecule has 0 amide bonds. The van der Waals surface area contributed by atoms with Crippen molar-refractivity contribution in [1.29, 1.82) is 0 Å². The topological polar surface area (TPSA) is 46.2 Å². The molecular formula is C8H15O3. The summed E-state index contributed by atoms with van der Waals surface area (Å²) < 4.78 is 5.13. The zero-order chi connectivity index (χ0) is 8.53. The fraction of sp³-hybridized carbons (Fsp3) is 0.875. The highest BCUT2D eigenvalue weighted by molar-refractivity contribution is 5.66. The van der Waals surface area contributed by atoms with Gasteiger partial charge in [-0.2, -0.15) is 0 Å². The van der Waals surface area contributed by atoms with Crippen molar-refractivity contribution < 1.29 is 14.6 Å². The van der Waals surface area contributed by atoms with Crippen molar-refractivity contribution >= 4 is 5.97 Å².